The summed E-state index contributed by atoms with van der Waals surface area (Å²) < 4.78 is 7.08. The minimum Gasteiger partial charge on any atom is -0.470 e. The number of aryl methyl sites for hydroxylation is 1. The monoisotopic (exact) mass is 725 g/mol. The largest absolute Gasteiger partial charge is 0.470 e. The molecule has 0 saturated heterocycles. The van der Waals surface area contributed by atoms with Crippen LogP contribution in [0.2, 0.25) is 0 Å². The molecule has 2 nitrogen and oxygen atoms in total. The van der Waals surface area contributed by atoms with E-state index in [1.54, 1.807) is 0 Å². The summed E-state index contributed by atoms with van der Waals surface area (Å²) in [6.45, 7) is 18.5. The van der Waals surface area contributed by atoms with Crippen molar-refractivity contribution < 1.29 is 4.74 Å². The minimum atomic E-state index is -0.838. The molecule has 2 aliphatic carbocycles. The van der Waals surface area contributed by atoms with Crippen molar-refractivity contribution in [3.63, 3.8) is 0 Å². The quantitative estimate of drug-likeness (QED) is 0.110. The molecule has 3 aliphatic rings. The van der Waals surface area contributed by atoms with Gasteiger partial charge < -0.3 is 4.74 Å². The van der Waals surface area contributed by atoms with Crippen LogP contribution in [-0.4, -0.2) is 5.90 Å². The van der Waals surface area contributed by atoms with Crippen LogP contribution in [0.5, 0.6) is 0 Å². The van der Waals surface area contributed by atoms with Crippen LogP contribution in [0.1, 0.15) is 93.8 Å². The summed E-state index contributed by atoms with van der Waals surface area (Å²) in [6, 6.07) is 48.7. The van der Waals surface area contributed by atoms with Crippen molar-refractivity contribution in [2.45, 2.75) is 83.8 Å². The van der Waals surface area contributed by atoms with E-state index in [9.17, 15) is 0 Å². The van der Waals surface area contributed by atoms with Gasteiger partial charge in [-0.3, -0.25) is 0 Å². The Balaban J connectivity index is 1.36. The highest BCUT2D eigenvalue weighted by atomic mass is 31.1. The third-order valence-corrected chi connectivity index (χ3v) is 14.4. The zero-order chi connectivity index (χ0) is 37.7. The highest BCUT2D eigenvalue weighted by molar-refractivity contribution is 7.80. The molecular formula is C51H52NOP. The Hall–Kier alpha value is -4.78. The fraction of sp³-hybridized carbons (Fsp3) is 0.275. The van der Waals surface area contributed by atoms with Crippen molar-refractivity contribution in [2.24, 2.45) is 10.4 Å². The van der Waals surface area contributed by atoms with Gasteiger partial charge in [-0.05, 0) is 94.8 Å². The maximum absolute atomic E-state index is 7.08. The van der Waals surface area contributed by atoms with Gasteiger partial charge in [-0.25, -0.2) is 4.99 Å². The van der Waals surface area contributed by atoms with E-state index in [1.165, 1.54) is 54.9 Å². The Morgan fingerprint density at radius 2 is 1.30 bits per heavy atom. The Morgan fingerprint density at radius 3 is 1.87 bits per heavy atom. The van der Waals surface area contributed by atoms with E-state index in [2.05, 4.69) is 188 Å². The number of fused-ring (bicyclic) bond motifs is 2. The number of nitrogens with zero attached hydrogens (tertiary/aromatic N) is 1. The van der Waals surface area contributed by atoms with Gasteiger partial charge in [0.2, 0.25) is 0 Å². The van der Waals surface area contributed by atoms with Crippen molar-refractivity contribution in [3.05, 3.63) is 197 Å². The zero-order valence-corrected chi connectivity index (χ0v) is 33.5. The Bertz CT molecular complexity index is 2230. The number of rotatable bonds is 9. The van der Waals surface area contributed by atoms with Crippen LogP contribution in [-0.2, 0) is 15.6 Å². The van der Waals surface area contributed by atoms with Gasteiger partial charge in [0.15, 0.2) is 12.0 Å². The summed E-state index contributed by atoms with van der Waals surface area (Å²) in [7, 11) is -0.838. The molecule has 5 aromatic rings. The molecule has 1 heterocycles. The Kier molecular flexibility index (Phi) is 9.48. The number of allylic oxidation sites excluding steroid dienone is 4. The average Bonchev–Trinajstić information content (AvgIpc) is 3.76. The lowest BCUT2D eigenvalue weighted by Crippen LogP contribution is -2.34. The van der Waals surface area contributed by atoms with Crippen molar-refractivity contribution in [1.82, 2.24) is 0 Å². The lowest BCUT2D eigenvalue weighted by Gasteiger charge is -2.36. The molecule has 5 aromatic carbocycles. The van der Waals surface area contributed by atoms with Crippen LogP contribution in [0.4, 0.5) is 0 Å². The maximum Gasteiger partial charge on any atom is 0.189 e. The normalized spacial score (nSPS) is 22.7. The topological polar surface area (TPSA) is 21.6 Å². The highest BCUT2D eigenvalue weighted by Crippen LogP contribution is 2.65. The van der Waals surface area contributed by atoms with Gasteiger partial charge in [-0.15, -0.1) is 0 Å². The van der Waals surface area contributed by atoms with Gasteiger partial charge in [-0.2, -0.15) is 0 Å². The smallest absolute Gasteiger partial charge is 0.189 e. The zero-order valence-electron chi connectivity index (χ0n) is 32.6. The van der Waals surface area contributed by atoms with Crippen LogP contribution in [0.25, 0.3) is 0 Å². The lowest BCUT2D eigenvalue weighted by atomic mass is 9.70. The van der Waals surface area contributed by atoms with Crippen LogP contribution in [0.15, 0.2) is 174 Å². The second kappa shape index (κ2) is 14.1. The first-order chi connectivity index (χ1) is 26.0. The second-order valence-electron chi connectivity index (χ2n) is 16.9. The first kappa shape index (κ1) is 36.2. The molecule has 0 bridgehead atoms. The number of benzene rings is 5. The first-order valence-electron chi connectivity index (χ1n) is 19.4. The van der Waals surface area contributed by atoms with E-state index < -0.39 is 7.92 Å². The van der Waals surface area contributed by atoms with Gasteiger partial charge in [-0.1, -0.05) is 191 Å². The third kappa shape index (κ3) is 6.43. The molecule has 0 saturated carbocycles. The maximum atomic E-state index is 7.08. The summed E-state index contributed by atoms with van der Waals surface area (Å²) in [4.78, 5) is 5.50. The fourth-order valence-electron chi connectivity index (χ4n) is 9.86. The molecule has 1 spiro atoms. The molecule has 0 N–H and O–H groups in total. The molecule has 3 atom stereocenters. The summed E-state index contributed by atoms with van der Waals surface area (Å²) in [5.41, 5.74) is 10.4. The van der Waals surface area contributed by atoms with Gasteiger partial charge in [0.05, 0.1) is 0 Å². The molecule has 3 heteroatoms. The van der Waals surface area contributed by atoms with Crippen molar-refractivity contribution >= 4 is 29.7 Å². The molecular weight excluding hydrogens is 674 g/mol. The van der Waals surface area contributed by atoms with E-state index in [0.29, 0.717) is 6.42 Å². The second-order valence-corrected chi connectivity index (χ2v) is 19.1. The van der Waals surface area contributed by atoms with Crippen LogP contribution in [0.3, 0.4) is 0 Å². The molecule has 0 radical (unpaired) electrons. The number of aliphatic imine (C=N–C) groups is 1. The van der Waals surface area contributed by atoms with E-state index in [0.717, 1.165) is 24.3 Å². The van der Waals surface area contributed by atoms with E-state index in [4.69, 9.17) is 9.73 Å². The van der Waals surface area contributed by atoms with Crippen molar-refractivity contribution in [2.75, 3.05) is 0 Å². The van der Waals surface area contributed by atoms with Crippen LogP contribution < -0.4 is 15.9 Å². The van der Waals surface area contributed by atoms with Gasteiger partial charge >= 0.3 is 0 Å². The van der Waals surface area contributed by atoms with Gasteiger partial charge in [0, 0.05) is 11.8 Å². The van der Waals surface area contributed by atoms with E-state index >= 15 is 0 Å². The summed E-state index contributed by atoms with van der Waals surface area (Å²) in [6.07, 6.45) is 6.98. The van der Waals surface area contributed by atoms with Gasteiger partial charge in [0.25, 0.3) is 0 Å². The minimum absolute atomic E-state index is 0.0318. The Morgan fingerprint density at radius 1 is 0.759 bits per heavy atom. The van der Waals surface area contributed by atoms with Crippen LogP contribution >= 0.6 is 7.92 Å². The molecule has 0 amide bonds. The Labute approximate surface area is 324 Å². The molecule has 0 aromatic heterocycles. The molecule has 272 valence electrons. The summed E-state index contributed by atoms with van der Waals surface area (Å²) in [5, 5.41) is 4.26. The molecule has 0 fully saturated rings. The van der Waals surface area contributed by atoms with Crippen molar-refractivity contribution in [1.29, 1.82) is 0 Å². The molecule has 1 aliphatic heterocycles. The standard InChI is InChI=1S/C51H52NOP/c1-8-35(2)29-41-42(32-45-52-47(37-21-13-9-14-22-37)48(53-45)38-23-15-10-16-24-38)51(33-49(41,4)5)34-50(6,7)43-30-36(3)31-44(46(43)51)54(39-25-17-11-18-26-39)40-27-19-12-20-28-40/h8-31,47-48H,1,32-34H2,2-7H3/b35-29-/t47-,48-,51-/m0/s1. The predicted molar refractivity (Wildman–Crippen MR) is 230 cm³/mol. The third-order valence-electron chi connectivity index (χ3n) is 12.0. The SMILES string of the molecule is C=C/C(C)=C\C1=C(CC2=N[C@@H](c3ccccc3)[C@H](c3ccccc3)O2)[C@]2(CC1(C)C)CC(C)(C)c1cc(C)cc(P(c3ccccc3)c3ccccc3)c12. The van der Waals surface area contributed by atoms with E-state index in [1.807, 2.05) is 6.08 Å². The van der Waals surface area contributed by atoms with Crippen molar-refractivity contribution in [3.8, 4) is 0 Å². The number of hydrogen-bond donors (Lipinski definition) is 0. The predicted octanol–water partition coefficient (Wildman–Crippen LogP) is 11.8. The summed E-state index contributed by atoms with van der Waals surface area (Å²) >= 11 is 0. The highest BCUT2D eigenvalue weighted by Gasteiger charge is 2.58. The summed E-state index contributed by atoms with van der Waals surface area (Å²) in [5.74, 6) is 0.834. The number of ether oxygens (including phenoxy) is 1. The van der Waals surface area contributed by atoms with Crippen LogP contribution in [0, 0.1) is 12.3 Å². The number of hydrogen-bond acceptors (Lipinski definition) is 2. The molecule has 8 rings (SSSR count). The molecule has 54 heavy (non-hydrogen) atoms. The lowest BCUT2D eigenvalue weighted by molar-refractivity contribution is 0.192. The van der Waals surface area contributed by atoms with Gasteiger partial charge in [0.1, 0.15) is 6.04 Å². The average molecular weight is 726 g/mol. The fourth-order valence-corrected chi connectivity index (χ4v) is 12.5. The molecule has 0 unspecified atom stereocenters. The van der Waals surface area contributed by atoms with E-state index in [-0.39, 0.29) is 28.4 Å². The first-order valence-corrected chi connectivity index (χ1v) is 20.8.